The van der Waals surface area contributed by atoms with Crippen molar-refractivity contribution < 1.29 is 28.3 Å². The summed E-state index contributed by atoms with van der Waals surface area (Å²) in [7, 11) is 2.96. The van der Waals surface area contributed by atoms with Crippen molar-refractivity contribution in [3.8, 4) is 11.5 Å². The lowest BCUT2D eigenvalue weighted by molar-refractivity contribution is 0.0827. The molecule has 2 aromatic rings. The van der Waals surface area contributed by atoms with Gasteiger partial charge in [0.2, 0.25) is 0 Å². The van der Waals surface area contributed by atoms with Crippen molar-refractivity contribution in [2.45, 2.75) is 33.6 Å². The Morgan fingerprint density at radius 2 is 1.69 bits per heavy atom. The summed E-state index contributed by atoms with van der Waals surface area (Å²) in [4.78, 5) is 37.3. The Morgan fingerprint density at radius 3 is 2.34 bits per heavy atom. The predicted octanol–water partition coefficient (Wildman–Crippen LogP) is 2.84. The van der Waals surface area contributed by atoms with Crippen LogP contribution in [0.15, 0.2) is 22.6 Å². The normalized spacial score (nSPS) is 14.7. The minimum absolute atomic E-state index is 0.0219. The molecule has 2 amide bonds. The molecule has 8 heteroatoms. The number of hydrazine groups is 1. The van der Waals surface area contributed by atoms with Gasteiger partial charge in [-0.25, -0.2) is 0 Å². The van der Waals surface area contributed by atoms with Gasteiger partial charge in [0.15, 0.2) is 23.0 Å². The van der Waals surface area contributed by atoms with Gasteiger partial charge in [0.1, 0.15) is 5.76 Å². The van der Waals surface area contributed by atoms with Crippen LogP contribution in [0, 0.1) is 12.3 Å². The van der Waals surface area contributed by atoms with Crippen molar-refractivity contribution in [3.63, 3.8) is 0 Å². The van der Waals surface area contributed by atoms with Crippen molar-refractivity contribution >= 4 is 17.6 Å². The molecule has 1 aromatic heterocycles. The Labute approximate surface area is 168 Å². The Balaban J connectivity index is 1.74. The summed E-state index contributed by atoms with van der Waals surface area (Å²) in [5, 5.41) is 0. The molecule has 1 heterocycles. The number of methoxy groups -OCH3 is 2. The number of carbonyl (C=O) groups excluding carboxylic acids is 3. The molecule has 0 bridgehead atoms. The summed E-state index contributed by atoms with van der Waals surface area (Å²) in [6.45, 7) is 5.63. The number of hydrogen-bond donors (Lipinski definition) is 2. The topological polar surface area (TPSA) is 107 Å². The number of furan rings is 1. The predicted molar refractivity (Wildman–Crippen MR) is 104 cm³/mol. The summed E-state index contributed by atoms with van der Waals surface area (Å²) in [6.07, 6.45) is 0.970. The van der Waals surface area contributed by atoms with E-state index in [-0.39, 0.29) is 22.5 Å². The number of benzene rings is 1. The molecule has 0 atom stereocenters. The average Bonchev–Trinajstić information content (AvgIpc) is 3.00. The number of rotatable bonds is 4. The lowest BCUT2D eigenvalue weighted by atomic mass is 9.76. The first kappa shape index (κ1) is 20.4. The van der Waals surface area contributed by atoms with Crippen molar-refractivity contribution in [1.82, 2.24) is 10.9 Å². The fourth-order valence-electron chi connectivity index (χ4n) is 3.52. The van der Waals surface area contributed by atoms with Gasteiger partial charge in [0, 0.05) is 24.0 Å². The highest BCUT2D eigenvalue weighted by Crippen LogP contribution is 2.38. The number of fused-ring (bicyclic) bond motifs is 1. The molecule has 0 saturated carbocycles. The van der Waals surface area contributed by atoms with E-state index in [2.05, 4.69) is 10.9 Å². The van der Waals surface area contributed by atoms with Crippen LogP contribution in [-0.4, -0.2) is 31.8 Å². The highest BCUT2D eigenvalue weighted by atomic mass is 16.5. The van der Waals surface area contributed by atoms with E-state index in [1.54, 1.807) is 19.1 Å². The van der Waals surface area contributed by atoms with Gasteiger partial charge < -0.3 is 13.9 Å². The number of carbonyl (C=O) groups is 3. The fourth-order valence-corrected chi connectivity index (χ4v) is 3.52. The first-order chi connectivity index (χ1) is 13.7. The largest absolute Gasteiger partial charge is 0.493 e. The number of Topliss-reactive ketones (excluding diaryl/α,β-unsaturated/α-hetero) is 1. The Morgan fingerprint density at radius 1 is 1.03 bits per heavy atom. The lowest BCUT2D eigenvalue weighted by Gasteiger charge is -2.27. The second kappa shape index (κ2) is 7.62. The van der Waals surface area contributed by atoms with Gasteiger partial charge >= 0.3 is 5.91 Å². The maximum Gasteiger partial charge on any atom is 0.305 e. The first-order valence-corrected chi connectivity index (χ1v) is 9.15. The van der Waals surface area contributed by atoms with Crippen LogP contribution in [0.1, 0.15) is 62.9 Å². The molecule has 8 nitrogen and oxygen atoms in total. The number of ketones is 1. The molecule has 154 valence electrons. The summed E-state index contributed by atoms with van der Waals surface area (Å²) in [5.41, 5.74) is 5.69. The van der Waals surface area contributed by atoms with E-state index in [0.29, 0.717) is 41.2 Å². The quantitative estimate of drug-likeness (QED) is 0.765. The highest BCUT2D eigenvalue weighted by molar-refractivity contribution is 6.04. The third kappa shape index (κ3) is 3.96. The minimum Gasteiger partial charge on any atom is -0.493 e. The van der Waals surface area contributed by atoms with Gasteiger partial charge in [-0.3, -0.25) is 25.2 Å². The maximum atomic E-state index is 12.5. The van der Waals surface area contributed by atoms with Crippen molar-refractivity contribution in [2.24, 2.45) is 5.41 Å². The Hall–Kier alpha value is -3.29. The lowest BCUT2D eigenvalue weighted by Crippen LogP contribution is -2.41. The third-order valence-electron chi connectivity index (χ3n) is 4.92. The molecule has 0 unspecified atom stereocenters. The van der Waals surface area contributed by atoms with Gasteiger partial charge in [-0.15, -0.1) is 0 Å². The molecule has 0 spiro atoms. The van der Waals surface area contributed by atoms with E-state index in [1.165, 1.54) is 20.3 Å². The Bertz CT molecular complexity index is 989. The van der Waals surface area contributed by atoms with E-state index >= 15 is 0 Å². The van der Waals surface area contributed by atoms with Crippen LogP contribution in [0.5, 0.6) is 11.5 Å². The summed E-state index contributed by atoms with van der Waals surface area (Å²) in [6, 6.07) is 4.63. The molecule has 0 fully saturated rings. The SMILES string of the molecule is COc1ccc(C(=O)NNC(=O)c2oc3c(c2C)C(=O)CC(C)(C)C3)cc1OC. The zero-order valence-corrected chi connectivity index (χ0v) is 17.1. The Kier molecular flexibility index (Phi) is 5.37. The molecule has 1 aliphatic rings. The molecule has 0 radical (unpaired) electrons. The van der Waals surface area contributed by atoms with E-state index in [4.69, 9.17) is 13.9 Å². The smallest absolute Gasteiger partial charge is 0.305 e. The number of amides is 2. The molecule has 1 aliphatic carbocycles. The molecular formula is C21H24N2O6. The molecule has 0 aliphatic heterocycles. The van der Waals surface area contributed by atoms with Gasteiger partial charge in [-0.1, -0.05) is 13.8 Å². The average molecular weight is 400 g/mol. The van der Waals surface area contributed by atoms with Crippen LogP contribution in [0.25, 0.3) is 0 Å². The molecule has 3 rings (SSSR count). The van der Waals surface area contributed by atoms with Crippen LogP contribution < -0.4 is 20.3 Å². The van der Waals surface area contributed by atoms with E-state index in [1.807, 2.05) is 13.8 Å². The summed E-state index contributed by atoms with van der Waals surface area (Å²) in [5.74, 6) is 0.209. The third-order valence-corrected chi connectivity index (χ3v) is 4.92. The van der Waals surface area contributed by atoms with Crippen molar-refractivity contribution in [2.75, 3.05) is 14.2 Å². The summed E-state index contributed by atoms with van der Waals surface area (Å²) < 4.78 is 16.0. The van der Waals surface area contributed by atoms with Crippen molar-refractivity contribution in [1.29, 1.82) is 0 Å². The van der Waals surface area contributed by atoms with Gasteiger partial charge in [-0.05, 0) is 30.5 Å². The van der Waals surface area contributed by atoms with E-state index in [0.717, 1.165) is 0 Å². The highest BCUT2D eigenvalue weighted by Gasteiger charge is 2.37. The molecule has 2 N–H and O–H groups in total. The monoisotopic (exact) mass is 400 g/mol. The van der Waals surface area contributed by atoms with Crippen LogP contribution in [-0.2, 0) is 6.42 Å². The van der Waals surface area contributed by atoms with E-state index in [9.17, 15) is 14.4 Å². The maximum absolute atomic E-state index is 12.5. The minimum atomic E-state index is -0.628. The van der Waals surface area contributed by atoms with Gasteiger partial charge in [0.05, 0.1) is 19.8 Å². The summed E-state index contributed by atoms with van der Waals surface area (Å²) >= 11 is 0. The van der Waals surface area contributed by atoms with Crippen LogP contribution in [0.3, 0.4) is 0 Å². The van der Waals surface area contributed by atoms with Gasteiger partial charge in [-0.2, -0.15) is 0 Å². The fraction of sp³-hybridized carbons (Fsp3) is 0.381. The van der Waals surface area contributed by atoms with Gasteiger partial charge in [0.25, 0.3) is 5.91 Å². The van der Waals surface area contributed by atoms with E-state index < -0.39 is 11.8 Å². The van der Waals surface area contributed by atoms with Crippen LogP contribution in [0.4, 0.5) is 0 Å². The standard InChI is InChI=1S/C21H24N2O6/c1-11-17-13(24)9-21(2,3)10-16(17)29-18(11)20(26)23-22-19(25)12-6-7-14(27-4)15(8-12)28-5/h6-8H,9-10H2,1-5H3,(H,22,25)(H,23,26). The van der Waals surface area contributed by atoms with Crippen LogP contribution in [0.2, 0.25) is 0 Å². The zero-order chi connectivity index (χ0) is 21.3. The first-order valence-electron chi connectivity index (χ1n) is 9.15. The molecule has 1 aromatic carbocycles. The second-order valence-electron chi connectivity index (χ2n) is 7.77. The number of nitrogens with one attached hydrogen (secondary N) is 2. The van der Waals surface area contributed by atoms with Crippen molar-refractivity contribution in [3.05, 3.63) is 46.4 Å². The number of ether oxygens (including phenoxy) is 2. The van der Waals surface area contributed by atoms with Crippen LogP contribution >= 0.6 is 0 Å². The molecular weight excluding hydrogens is 376 g/mol. The molecule has 29 heavy (non-hydrogen) atoms. The second-order valence-corrected chi connectivity index (χ2v) is 7.77. The number of hydrogen-bond acceptors (Lipinski definition) is 6. The molecule has 0 saturated heterocycles. The zero-order valence-electron chi connectivity index (χ0n) is 17.1.